The average Bonchev–Trinajstić information content (AvgIpc) is 2.44. The number of carbonyl (C=O) groups is 1. The van der Waals surface area contributed by atoms with E-state index in [4.69, 9.17) is 5.73 Å². The van der Waals surface area contributed by atoms with Crippen molar-refractivity contribution in [2.75, 3.05) is 13.1 Å². The maximum Gasteiger partial charge on any atom is 0.240 e. The Morgan fingerprint density at radius 2 is 1.82 bits per heavy atom. The van der Waals surface area contributed by atoms with Gasteiger partial charge in [0.1, 0.15) is 0 Å². The fourth-order valence-electron chi connectivity index (χ4n) is 1.88. The third kappa shape index (κ3) is 6.31. The molecule has 22 heavy (non-hydrogen) atoms. The largest absolute Gasteiger partial charge is 0.353 e. The van der Waals surface area contributed by atoms with E-state index in [1.54, 1.807) is 25.1 Å². The Kier molecular flexibility index (Phi) is 8.62. The summed E-state index contributed by atoms with van der Waals surface area (Å²) in [6, 6.07) is 8.08. The number of rotatable bonds is 8. The zero-order valence-electron chi connectivity index (χ0n) is 12.8. The van der Waals surface area contributed by atoms with E-state index in [0.29, 0.717) is 6.42 Å². The number of carbonyl (C=O) groups excluding carboxylic acids is 1. The molecule has 0 spiro atoms. The molecule has 0 aliphatic rings. The molecule has 0 saturated carbocycles. The highest BCUT2D eigenvalue weighted by Crippen LogP contribution is 2.08. The van der Waals surface area contributed by atoms with Gasteiger partial charge in [0.2, 0.25) is 15.9 Å². The van der Waals surface area contributed by atoms with Crippen LogP contribution in [-0.4, -0.2) is 33.0 Å². The number of amides is 1. The SMILES string of the molecule is CCCC(C)(N)C(=O)NCCNS(=O)(=O)c1ccccc1.Cl. The first-order chi connectivity index (χ1) is 9.79. The van der Waals surface area contributed by atoms with Gasteiger partial charge in [0.05, 0.1) is 10.4 Å². The first-order valence-corrected chi connectivity index (χ1v) is 8.40. The van der Waals surface area contributed by atoms with E-state index in [-0.39, 0.29) is 36.3 Å². The van der Waals surface area contributed by atoms with Gasteiger partial charge >= 0.3 is 0 Å². The van der Waals surface area contributed by atoms with Crippen LogP contribution in [0.3, 0.4) is 0 Å². The monoisotopic (exact) mass is 349 g/mol. The Hall–Kier alpha value is -1.15. The second-order valence-electron chi connectivity index (χ2n) is 5.13. The molecule has 0 aliphatic heterocycles. The van der Waals surface area contributed by atoms with Crippen molar-refractivity contribution in [3.05, 3.63) is 30.3 Å². The molecule has 0 saturated heterocycles. The van der Waals surface area contributed by atoms with E-state index in [1.165, 1.54) is 12.1 Å². The lowest BCUT2D eigenvalue weighted by Gasteiger charge is -2.22. The molecule has 1 aromatic rings. The molecule has 4 N–H and O–H groups in total. The predicted octanol–water partition coefficient (Wildman–Crippen LogP) is 1.02. The average molecular weight is 350 g/mol. The summed E-state index contributed by atoms with van der Waals surface area (Å²) in [7, 11) is -3.54. The van der Waals surface area contributed by atoms with Crippen molar-refractivity contribution in [2.45, 2.75) is 37.1 Å². The number of nitrogens with one attached hydrogen (secondary N) is 2. The summed E-state index contributed by atoms with van der Waals surface area (Å²) < 4.78 is 26.3. The van der Waals surface area contributed by atoms with Crippen LogP contribution in [0, 0.1) is 0 Å². The molecule has 1 rings (SSSR count). The van der Waals surface area contributed by atoms with Gasteiger partial charge in [-0.3, -0.25) is 4.79 Å². The van der Waals surface area contributed by atoms with E-state index < -0.39 is 15.6 Å². The highest BCUT2D eigenvalue weighted by Gasteiger charge is 2.26. The summed E-state index contributed by atoms with van der Waals surface area (Å²) in [4.78, 5) is 12.0. The van der Waals surface area contributed by atoms with Gasteiger partial charge in [0.25, 0.3) is 0 Å². The lowest BCUT2D eigenvalue weighted by atomic mass is 9.97. The lowest BCUT2D eigenvalue weighted by molar-refractivity contribution is -0.126. The van der Waals surface area contributed by atoms with Crippen LogP contribution in [0.5, 0.6) is 0 Å². The van der Waals surface area contributed by atoms with Crippen molar-refractivity contribution in [2.24, 2.45) is 5.73 Å². The van der Waals surface area contributed by atoms with Crippen molar-refractivity contribution in [3.63, 3.8) is 0 Å². The van der Waals surface area contributed by atoms with Gasteiger partial charge in [-0.15, -0.1) is 12.4 Å². The summed E-state index contributed by atoms with van der Waals surface area (Å²) in [6.45, 7) is 3.93. The topological polar surface area (TPSA) is 101 Å². The van der Waals surface area contributed by atoms with Crippen molar-refractivity contribution in [1.29, 1.82) is 0 Å². The molecule has 0 radical (unpaired) electrons. The summed E-state index contributed by atoms with van der Waals surface area (Å²) in [5, 5.41) is 2.64. The van der Waals surface area contributed by atoms with Crippen LogP contribution in [-0.2, 0) is 14.8 Å². The van der Waals surface area contributed by atoms with Crippen molar-refractivity contribution < 1.29 is 13.2 Å². The first-order valence-electron chi connectivity index (χ1n) is 6.91. The molecule has 6 nitrogen and oxygen atoms in total. The van der Waals surface area contributed by atoms with Gasteiger partial charge < -0.3 is 11.1 Å². The van der Waals surface area contributed by atoms with Crippen molar-refractivity contribution >= 4 is 28.3 Å². The predicted molar refractivity (Wildman–Crippen MR) is 89.4 cm³/mol. The Balaban J connectivity index is 0.00000441. The maximum absolute atomic E-state index is 11.9. The Labute approximate surface area is 138 Å². The standard InChI is InChI=1S/C14H23N3O3S.ClH/c1-3-9-14(2,15)13(18)16-10-11-17-21(19,20)12-7-5-4-6-8-12;/h4-8,17H,3,9-11,15H2,1-2H3,(H,16,18);1H. The van der Waals surface area contributed by atoms with E-state index >= 15 is 0 Å². The Bertz CT molecular complexity index is 562. The molecule has 0 aliphatic carbocycles. The number of hydrogen-bond donors (Lipinski definition) is 3. The molecule has 1 amide bonds. The lowest BCUT2D eigenvalue weighted by Crippen LogP contribution is -2.52. The zero-order valence-corrected chi connectivity index (χ0v) is 14.5. The summed E-state index contributed by atoms with van der Waals surface area (Å²) >= 11 is 0. The summed E-state index contributed by atoms with van der Waals surface area (Å²) in [5.41, 5.74) is 4.96. The number of nitrogens with two attached hydrogens (primary N) is 1. The van der Waals surface area contributed by atoms with Crippen LogP contribution in [0.2, 0.25) is 0 Å². The fourth-order valence-corrected chi connectivity index (χ4v) is 2.93. The molecule has 1 atom stereocenters. The van der Waals surface area contributed by atoms with Crippen LogP contribution in [0.15, 0.2) is 35.2 Å². The van der Waals surface area contributed by atoms with Crippen LogP contribution in [0.1, 0.15) is 26.7 Å². The second kappa shape index (κ2) is 9.09. The molecular formula is C14H24ClN3O3S. The minimum Gasteiger partial charge on any atom is -0.353 e. The number of hydrogen-bond acceptors (Lipinski definition) is 4. The third-order valence-electron chi connectivity index (χ3n) is 3.04. The summed E-state index contributed by atoms with van der Waals surface area (Å²) in [5.74, 6) is -0.275. The highest BCUT2D eigenvalue weighted by molar-refractivity contribution is 7.89. The molecule has 0 fully saturated rings. The van der Waals surface area contributed by atoms with Crippen molar-refractivity contribution in [1.82, 2.24) is 10.0 Å². The molecule has 0 heterocycles. The smallest absolute Gasteiger partial charge is 0.240 e. The van der Waals surface area contributed by atoms with Gasteiger partial charge in [-0.1, -0.05) is 31.5 Å². The fraction of sp³-hybridized carbons (Fsp3) is 0.500. The second-order valence-corrected chi connectivity index (χ2v) is 6.90. The summed E-state index contributed by atoms with van der Waals surface area (Å²) in [6.07, 6.45) is 1.38. The Morgan fingerprint density at radius 1 is 1.23 bits per heavy atom. The van der Waals surface area contributed by atoms with E-state index in [9.17, 15) is 13.2 Å². The van der Waals surface area contributed by atoms with Crippen LogP contribution in [0.25, 0.3) is 0 Å². The zero-order chi connectivity index (χ0) is 15.9. The van der Waals surface area contributed by atoms with Gasteiger partial charge in [0.15, 0.2) is 0 Å². The Morgan fingerprint density at radius 3 is 2.36 bits per heavy atom. The number of sulfonamides is 1. The maximum atomic E-state index is 11.9. The minimum atomic E-state index is -3.54. The molecule has 1 aromatic carbocycles. The number of benzene rings is 1. The highest BCUT2D eigenvalue weighted by atomic mass is 35.5. The molecular weight excluding hydrogens is 326 g/mol. The molecule has 0 aromatic heterocycles. The third-order valence-corrected chi connectivity index (χ3v) is 4.52. The molecule has 126 valence electrons. The normalized spacial score (nSPS) is 13.8. The van der Waals surface area contributed by atoms with Crippen LogP contribution >= 0.6 is 12.4 Å². The van der Waals surface area contributed by atoms with E-state index in [1.807, 2.05) is 6.92 Å². The first kappa shape index (κ1) is 20.9. The minimum absolute atomic E-state index is 0. The van der Waals surface area contributed by atoms with E-state index in [0.717, 1.165) is 6.42 Å². The van der Waals surface area contributed by atoms with Crippen LogP contribution in [0.4, 0.5) is 0 Å². The van der Waals surface area contributed by atoms with Gasteiger partial charge in [-0.05, 0) is 25.5 Å². The molecule has 0 bridgehead atoms. The quantitative estimate of drug-likeness (QED) is 0.610. The van der Waals surface area contributed by atoms with Gasteiger partial charge in [-0.25, -0.2) is 13.1 Å². The van der Waals surface area contributed by atoms with E-state index in [2.05, 4.69) is 10.0 Å². The van der Waals surface area contributed by atoms with Gasteiger partial charge in [-0.2, -0.15) is 0 Å². The van der Waals surface area contributed by atoms with Crippen LogP contribution < -0.4 is 15.8 Å². The van der Waals surface area contributed by atoms with Crippen molar-refractivity contribution in [3.8, 4) is 0 Å². The molecule has 8 heteroatoms. The van der Waals surface area contributed by atoms with Gasteiger partial charge in [0, 0.05) is 13.1 Å². The number of halogens is 1. The molecule has 1 unspecified atom stereocenters.